The zero-order valence-electron chi connectivity index (χ0n) is 33.5. The molecule has 56 heavy (non-hydrogen) atoms. The van der Waals surface area contributed by atoms with E-state index in [9.17, 15) is 9.59 Å². The third-order valence-corrected chi connectivity index (χ3v) is 11.1. The Morgan fingerprint density at radius 3 is 2.43 bits per heavy atom. The molecule has 2 aliphatic rings. The molecular formula is C45H56N8O3. The minimum absolute atomic E-state index is 0.226. The van der Waals surface area contributed by atoms with E-state index in [0.29, 0.717) is 49.9 Å². The summed E-state index contributed by atoms with van der Waals surface area (Å²) in [4.78, 5) is 34.9. The standard InChI is InChI=1S/C45H56N8O3/c1-6-41-39(42(50-37-13-17-56-18-14-37)40-26-49-53(7-2)43(40)51-41)25-48-45(55)36-20-29(3)19-35(23-36)44(54)47-24-32-12-11-30(4)38(22-32)34-10-8-9-33(21-34)28-52-16-15-46-31(5)27-52/h8-12,19-23,26,31,37,46H,6-7,13-18,24-25,27-28H2,1-5H3,(H,47,54)(H,48,55)(H,50,51)/t31-/m0/s1. The molecule has 0 bridgehead atoms. The van der Waals surface area contributed by atoms with Crippen molar-refractivity contribution in [3.8, 4) is 11.1 Å². The number of fused-ring (bicyclic) bond motifs is 1. The van der Waals surface area contributed by atoms with Crippen molar-refractivity contribution in [2.45, 2.75) is 92.1 Å². The Hall–Kier alpha value is -5.10. The van der Waals surface area contributed by atoms with Crippen molar-refractivity contribution >= 4 is 28.5 Å². The second kappa shape index (κ2) is 17.8. The number of pyridine rings is 1. The van der Waals surface area contributed by atoms with Gasteiger partial charge in [0.05, 0.1) is 17.3 Å². The Morgan fingerprint density at radius 2 is 1.70 bits per heavy atom. The van der Waals surface area contributed by atoms with Gasteiger partial charge in [0.15, 0.2) is 5.65 Å². The monoisotopic (exact) mass is 756 g/mol. The molecule has 294 valence electrons. The van der Waals surface area contributed by atoms with Gasteiger partial charge in [0.2, 0.25) is 0 Å². The van der Waals surface area contributed by atoms with Crippen LogP contribution in [0.15, 0.2) is 66.9 Å². The molecule has 2 saturated heterocycles. The predicted octanol–water partition coefficient (Wildman–Crippen LogP) is 6.54. The largest absolute Gasteiger partial charge is 0.381 e. The van der Waals surface area contributed by atoms with E-state index in [-0.39, 0.29) is 24.4 Å². The first-order valence-electron chi connectivity index (χ1n) is 20.2. The van der Waals surface area contributed by atoms with Crippen LogP contribution in [0.2, 0.25) is 0 Å². The van der Waals surface area contributed by atoms with Crippen molar-refractivity contribution in [3.05, 3.63) is 111 Å². The number of amides is 2. The Kier molecular flexibility index (Phi) is 12.4. The van der Waals surface area contributed by atoms with E-state index < -0.39 is 0 Å². The van der Waals surface area contributed by atoms with E-state index in [1.165, 1.54) is 16.7 Å². The molecule has 4 heterocycles. The molecule has 0 spiro atoms. The summed E-state index contributed by atoms with van der Waals surface area (Å²) >= 11 is 0. The Morgan fingerprint density at radius 1 is 0.929 bits per heavy atom. The summed E-state index contributed by atoms with van der Waals surface area (Å²) in [5.41, 5.74) is 11.2. The van der Waals surface area contributed by atoms with E-state index >= 15 is 0 Å². The SMILES string of the molecule is CCc1nc2c(cnn2CC)c(NC2CCOCC2)c1CNC(=O)c1cc(C)cc(C(=O)NCc2ccc(C)c(-c3cccc(CN4CCN[C@@H](C)C4)c3)c2)c1. The van der Waals surface area contributed by atoms with Crippen LogP contribution in [0.4, 0.5) is 5.69 Å². The summed E-state index contributed by atoms with van der Waals surface area (Å²) in [6.45, 7) is 17.3. The van der Waals surface area contributed by atoms with E-state index in [1.54, 1.807) is 6.07 Å². The van der Waals surface area contributed by atoms with Crippen LogP contribution in [0.3, 0.4) is 0 Å². The first-order chi connectivity index (χ1) is 27.2. The average Bonchev–Trinajstić information content (AvgIpc) is 3.63. The highest BCUT2D eigenvalue weighted by Crippen LogP contribution is 2.32. The summed E-state index contributed by atoms with van der Waals surface area (Å²) in [5, 5.41) is 19.1. The van der Waals surface area contributed by atoms with Gasteiger partial charge in [-0.3, -0.25) is 14.5 Å². The van der Waals surface area contributed by atoms with E-state index in [0.717, 1.165) is 83.7 Å². The second-order valence-corrected chi connectivity index (χ2v) is 15.4. The maximum atomic E-state index is 13.8. The molecule has 0 radical (unpaired) electrons. The maximum Gasteiger partial charge on any atom is 0.251 e. The van der Waals surface area contributed by atoms with Crippen molar-refractivity contribution in [1.82, 2.24) is 35.6 Å². The van der Waals surface area contributed by atoms with Crippen LogP contribution < -0.4 is 21.3 Å². The van der Waals surface area contributed by atoms with Gasteiger partial charge in [-0.1, -0.05) is 37.3 Å². The number of benzene rings is 3. The molecule has 5 aromatic rings. The van der Waals surface area contributed by atoms with Crippen LogP contribution >= 0.6 is 0 Å². The fourth-order valence-electron chi connectivity index (χ4n) is 8.04. The van der Waals surface area contributed by atoms with Crippen LogP contribution in [-0.4, -0.2) is 76.4 Å². The van der Waals surface area contributed by atoms with Gasteiger partial charge in [0.25, 0.3) is 11.8 Å². The lowest BCUT2D eigenvalue weighted by atomic mass is 9.96. The molecule has 2 aliphatic heterocycles. The second-order valence-electron chi connectivity index (χ2n) is 15.4. The highest BCUT2D eigenvalue weighted by atomic mass is 16.5. The molecule has 7 rings (SSSR count). The van der Waals surface area contributed by atoms with Gasteiger partial charge in [0, 0.05) is 93.5 Å². The minimum Gasteiger partial charge on any atom is -0.381 e. The van der Waals surface area contributed by atoms with Crippen LogP contribution in [0.1, 0.15) is 87.8 Å². The number of ether oxygens (including phenoxy) is 1. The average molecular weight is 757 g/mol. The molecule has 0 saturated carbocycles. The molecule has 0 unspecified atom stereocenters. The van der Waals surface area contributed by atoms with Gasteiger partial charge in [-0.15, -0.1) is 0 Å². The summed E-state index contributed by atoms with van der Waals surface area (Å²) in [5.74, 6) is -0.473. The highest BCUT2D eigenvalue weighted by molar-refractivity contribution is 6.00. The predicted molar refractivity (Wildman–Crippen MR) is 223 cm³/mol. The van der Waals surface area contributed by atoms with Crippen molar-refractivity contribution in [2.24, 2.45) is 0 Å². The fraction of sp³-hybridized carbons (Fsp3) is 0.422. The number of nitrogens with zero attached hydrogens (tertiary/aromatic N) is 4. The number of rotatable bonds is 13. The number of piperazine rings is 1. The number of anilines is 1. The Balaban J connectivity index is 1.04. The van der Waals surface area contributed by atoms with Crippen LogP contribution in [-0.2, 0) is 37.3 Å². The van der Waals surface area contributed by atoms with E-state index in [4.69, 9.17) is 9.72 Å². The van der Waals surface area contributed by atoms with Gasteiger partial charge in [0.1, 0.15) is 0 Å². The zero-order chi connectivity index (χ0) is 39.2. The Labute approximate surface area is 330 Å². The molecule has 11 nitrogen and oxygen atoms in total. The maximum absolute atomic E-state index is 13.8. The number of hydrogen-bond acceptors (Lipinski definition) is 8. The molecule has 2 fully saturated rings. The molecule has 1 atom stereocenters. The molecular weight excluding hydrogens is 701 g/mol. The van der Waals surface area contributed by atoms with Crippen molar-refractivity contribution in [1.29, 1.82) is 0 Å². The van der Waals surface area contributed by atoms with Crippen LogP contribution in [0.5, 0.6) is 0 Å². The lowest BCUT2D eigenvalue weighted by Crippen LogP contribution is -2.48. The first-order valence-corrected chi connectivity index (χ1v) is 20.2. The number of hydrogen-bond donors (Lipinski definition) is 4. The van der Waals surface area contributed by atoms with Gasteiger partial charge in [-0.05, 0) is 111 Å². The Bertz CT molecular complexity index is 2190. The molecule has 2 aromatic heterocycles. The lowest BCUT2D eigenvalue weighted by molar-refractivity contribution is 0.0904. The van der Waals surface area contributed by atoms with Crippen LogP contribution in [0.25, 0.3) is 22.2 Å². The summed E-state index contributed by atoms with van der Waals surface area (Å²) in [6.07, 6.45) is 4.39. The van der Waals surface area contributed by atoms with Crippen LogP contribution in [0, 0.1) is 13.8 Å². The molecule has 3 aromatic carbocycles. The lowest BCUT2D eigenvalue weighted by Gasteiger charge is -2.31. The zero-order valence-corrected chi connectivity index (χ0v) is 33.5. The fourth-order valence-corrected chi connectivity index (χ4v) is 8.04. The minimum atomic E-state index is -0.247. The number of nitrogens with one attached hydrogen (secondary N) is 4. The van der Waals surface area contributed by atoms with Gasteiger partial charge < -0.3 is 26.0 Å². The summed E-state index contributed by atoms with van der Waals surface area (Å²) in [7, 11) is 0. The summed E-state index contributed by atoms with van der Waals surface area (Å²) in [6, 6.07) is 21.2. The number of aryl methyl sites for hydroxylation is 4. The quantitative estimate of drug-likeness (QED) is 0.107. The van der Waals surface area contributed by atoms with Gasteiger partial charge in [-0.25, -0.2) is 9.67 Å². The smallest absolute Gasteiger partial charge is 0.251 e. The molecule has 4 N–H and O–H groups in total. The number of aromatic nitrogens is 3. The van der Waals surface area contributed by atoms with E-state index in [1.807, 2.05) is 29.9 Å². The molecule has 2 amide bonds. The van der Waals surface area contributed by atoms with Gasteiger partial charge in [-0.2, -0.15) is 5.10 Å². The van der Waals surface area contributed by atoms with Crippen molar-refractivity contribution in [3.63, 3.8) is 0 Å². The normalized spacial score (nSPS) is 16.6. The van der Waals surface area contributed by atoms with Crippen molar-refractivity contribution in [2.75, 3.05) is 38.2 Å². The number of carbonyl (C=O) groups excluding carboxylic acids is 2. The molecule has 0 aliphatic carbocycles. The van der Waals surface area contributed by atoms with E-state index in [2.05, 4.69) is 101 Å². The molecule has 11 heteroatoms. The topological polar surface area (TPSA) is 125 Å². The van der Waals surface area contributed by atoms with Crippen molar-refractivity contribution < 1.29 is 14.3 Å². The highest BCUT2D eigenvalue weighted by Gasteiger charge is 2.23. The first kappa shape index (κ1) is 39.1. The third kappa shape index (κ3) is 9.12. The number of carbonyl (C=O) groups is 2. The third-order valence-electron chi connectivity index (χ3n) is 11.1. The van der Waals surface area contributed by atoms with Gasteiger partial charge >= 0.3 is 0 Å². The summed E-state index contributed by atoms with van der Waals surface area (Å²) < 4.78 is 7.53.